The molecule has 0 fully saturated rings. The Morgan fingerprint density at radius 3 is 2.43 bits per heavy atom. The van der Waals surface area contributed by atoms with Gasteiger partial charge in [-0.25, -0.2) is 0 Å². The molecule has 0 radical (unpaired) electrons. The molecule has 2 rings (SSSR count). The molecule has 0 bridgehead atoms. The molecular formula is C10H14BBrN2. The molecule has 0 atom stereocenters. The molecule has 1 aromatic carbocycles. The van der Waals surface area contributed by atoms with E-state index in [2.05, 4.69) is 62.9 Å². The predicted octanol–water partition coefficient (Wildman–Crippen LogP) is 3.15. The SMILES string of the molecule is CCB1N(Br)c2ccccc2N1CC. The minimum absolute atomic E-state index is 0.456. The Morgan fingerprint density at radius 2 is 1.86 bits per heavy atom. The number of hydrogen-bond acceptors (Lipinski definition) is 2. The number of hydrogen-bond donors (Lipinski definition) is 0. The van der Waals surface area contributed by atoms with Crippen LogP contribution in [-0.2, 0) is 0 Å². The van der Waals surface area contributed by atoms with Gasteiger partial charge in [0.15, 0.2) is 0 Å². The molecule has 0 spiro atoms. The zero-order valence-electron chi connectivity index (χ0n) is 8.57. The smallest absolute Gasteiger partial charge is 0.385 e. The number of para-hydroxylation sites is 2. The Morgan fingerprint density at radius 1 is 1.21 bits per heavy atom. The highest BCUT2D eigenvalue weighted by atomic mass is 79.9. The third-order valence-corrected chi connectivity index (χ3v) is 3.60. The summed E-state index contributed by atoms with van der Waals surface area (Å²) in [5, 5.41) is 0. The largest absolute Gasteiger partial charge is 0.394 e. The second kappa shape index (κ2) is 3.85. The van der Waals surface area contributed by atoms with Crippen LogP contribution in [0.5, 0.6) is 0 Å². The van der Waals surface area contributed by atoms with Gasteiger partial charge in [0.25, 0.3) is 0 Å². The van der Waals surface area contributed by atoms with E-state index in [1.54, 1.807) is 0 Å². The molecule has 74 valence electrons. The van der Waals surface area contributed by atoms with E-state index < -0.39 is 0 Å². The van der Waals surface area contributed by atoms with Gasteiger partial charge >= 0.3 is 6.98 Å². The maximum Gasteiger partial charge on any atom is 0.385 e. The first-order valence-electron chi connectivity index (χ1n) is 5.10. The molecule has 2 nitrogen and oxygen atoms in total. The van der Waals surface area contributed by atoms with E-state index >= 15 is 0 Å². The molecule has 0 unspecified atom stereocenters. The van der Waals surface area contributed by atoms with Crippen molar-refractivity contribution in [2.24, 2.45) is 0 Å². The predicted molar refractivity (Wildman–Crippen MR) is 67.1 cm³/mol. The van der Waals surface area contributed by atoms with Crippen LogP contribution in [0, 0.1) is 0 Å². The standard InChI is InChI=1S/C10H14BBrN2/c1-3-11-13(4-2)9-7-5-6-8-10(9)14(11)12/h5-8H,3-4H2,1-2H3. The van der Waals surface area contributed by atoms with Crippen LogP contribution >= 0.6 is 16.1 Å². The molecule has 1 heterocycles. The Bertz CT molecular complexity index is 332. The van der Waals surface area contributed by atoms with Gasteiger partial charge in [0.1, 0.15) is 0 Å². The van der Waals surface area contributed by atoms with Gasteiger partial charge in [-0.05, 0) is 25.4 Å². The quantitative estimate of drug-likeness (QED) is 0.590. The zero-order chi connectivity index (χ0) is 10.1. The monoisotopic (exact) mass is 252 g/mol. The van der Waals surface area contributed by atoms with Crippen molar-refractivity contribution < 1.29 is 0 Å². The normalized spacial score (nSPS) is 14.9. The summed E-state index contributed by atoms with van der Waals surface area (Å²) in [6.07, 6.45) is 1.12. The van der Waals surface area contributed by atoms with Gasteiger partial charge in [0.2, 0.25) is 0 Å². The highest BCUT2D eigenvalue weighted by Crippen LogP contribution is 2.40. The van der Waals surface area contributed by atoms with Crippen molar-refractivity contribution in [1.82, 2.24) is 0 Å². The molecule has 1 aromatic rings. The van der Waals surface area contributed by atoms with E-state index in [1.165, 1.54) is 11.4 Å². The maximum atomic E-state index is 3.64. The zero-order valence-corrected chi connectivity index (χ0v) is 10.2. The lowest BCUT2D eigenvalue weighted by Gasteiger charge is -2.23. The van der Waals surface area contributed by atoms with Crippen molar-refractivity contribution in [3.63, 3.8) is 0 Å². The lowest BCUT2D eigenvalue weighted by atomic mass is 9.72. The van der Waals surface area contributed by atoms with Crippen molar-refractivity contribution in [1.29, 1.82) is 0 Å². The number of benzene rings is 1. The molecule has 4 heteroatoms. The fraction of sp³-hybridized carbons (Fsp3) is 0.400. The first kappa shape index (κ1) is 9.90. The Balaban J connectivity index is 2.43. The summed E-state index contributed by atoms with van der Waals surface area (Å²) in [7, 11) is 0. The van der Waals surface area contributed by atoms with E-state index in [9.17, 15) is 0 Å². The summed E-state index contributed by atoms with van der Waals surface area (Å²) in [6, 6.07) is 8.52. The summed E-state index contributed by atoms with van der Waals surface area (Å²) in [5.41, 5.74) is 2.61. The summed E-state index contributed by atoms with van der Waals surface area (Å²) in [4.78, 5) is 2.42. The third-order valence-electron chi connectivity index (χ3n) is 2.75. The average molecular weight is 253 g/mol. The molecule has 0 saturated carbocycles. The molecule has 1 aliphatic heterocycles. The Kier molecular flexibility index (Phi) is 2.72. The molecule has 1 aliphatic rings. The topological polar surface area (TPSA) is 6.48 Å². The minimum atomic E-state index is 0.456. The molecule has 14 heavy (non-hydrogen) atoms. The van der Waals surface area contributed by atoms with Crippen LogP contribution in [0.15, 0.2) is 24.3 Å². The van der Waals surface area contributed by atoms with Crippen LogP contribution in [0.25, 0.3) is 0 Å². The van der Waals surface area contributed by atoms with E-state index in [4.69, 9.17) is 0 Å². The molecule has 0 aromatic heterocycles. The highest BCUT2D eigenvalue weighted by molar-refractivity contribution is 9.10. The molecule has 0 N–H and O–H groups in total. The van der Waals surface area contributed by atoms with Crippen LogP contribution < -0.4 is 8.65 Å². The molecule has 0 aliphatic carbocycles. The maximum absolute atomic E-state index is 3.64. The number of nitrogens with zero attached hydrogens (tertiary/aromatic N) is 2. The number of halogens is 1. The summed E-state index contributed by atoms with van der Waals surface area (Å²) in [5.74, 6) is 0. The second-order valence-corrected chi connectivity index (χ2v) is 4.24. The van der Waals surface area contributed by atoms with Crippen molar-refractivity contribution in [3.8, 4) is 0 Å². The van der Waals surface area contributed by atoms with Crippen LogP contribution in [0.1, 0.15) is 13.8 Å². The van der Waals surface area contributed by atoms with Gasteiger partial charge in [-0.15, -0.1) is 0 Å². The molecule has 0 saturated heterocycles. The van der Waals surface area contributed by atoms with Crippen molar-refractivity contribution in [3.05, 3.63) is 24.3 Å². The van der Waals surface area contributed by atoms with Gasteiger partial charge in [-0.1, -0.05) is 19.1 Å². The fourth-order valence-corrected chi connectivity index (χ4v) is 2.90. The van der Waals surface area contributed by atoms with Crippen molar-refractivity contribution >= 4 is 34.5 Å². The van der Waals surface area contributed by atoms with Gasteiger partial charge in [0.05, 0.1) is 5.69 Å². The highest BCUT2D eigenvalue weighted by Gasteiger charge is 2.36. The minimum Gasteiger partial charge on any atom is -0.394 e. The van der Waals surface area contributed by atoms with Crippen molar-refractivity contribution in [2.45, 2.75) is 20.2 Å². The second-order valence-electron chi connectivity index (χ2n) is 3.47. The third kappa shape index (κ3) is 1.32. The Hall–Kier alpha value is -0.635. The first-order chi connectivity index (χ1) is 6.79. The van der Waals surface area contributed by atoms with E-state index in [1.807, 2.05) is 0 Å². The van der Waals surface area contributed by atoms with E-state index in [-0.39, 0.29) is 0 Å². The molecular weight excluding hydrogens is 239 g/mol. The lowest BCUT2D eigenvalue weighted by molar-refractivity contribution is 1.08. The first-order valence-corrected chi connectivity index (χ1v) is 5.81. The number of rotatable bonds is 2. The Labute approximate surface area is 94.4 Å². The van der Waals surface area contributed by atoms with Gasteiger partial charge in [-0.2, -0.15) is 0 Å². The lowest BCUT2D eigenvalue weighted by Crippen LogP contribution is -2.43. The van der Waals surface area contributed by atoms with Crippen LogP contribution in [0.2, 0.25) is 6.32 Å². The summed E-state index contributed by atoms with van der Waals surface area (Å²) < 4.78 is 2.19. The van der Waals surface area contributed by atoms with Gasteiger partial charge < -0.3 is 8.65 Å². The van der Waals surface area contributed by atoms with Gasteiger partial charge in [0, 0.05) is 28.4 Å². The van der Waals surface area contributed by atoms with Crippen LogP contribution in [0.3, 0.4) is 0 Å². The number of fused-ring (bicyclic) bond motifs is 1. The average Bonchev–Trinajstić information content (AvgIpc) is 2.51. The molecule has 0 amide bonds. The summed E-state index contributed by atoms with van der Waals surface area (Å²) >= 11 is 3.64. The number of anilines is 2. The van der Waals surface area contributed by atoms with Gasteiger partial charge in [-0.3, -0.25) is 0 Å². The van der Waals surface area contributed by atoms with E-state index in [0.29, 0.717) is 6.98 Å². The van der Waals surface area contributed by atoms with Crippen molar-refractivity contribution in [2.75, 3.05) is 15.2 Å². The van der Waals surface area contributed by atoms with Crippen LogP contribution in [0.4, 0.5) is 11.4 Å². The fourth-order valence-electron chi connectivity index (χ4n) is 2.09. The van der Waals surface area contributed by atoms with E-state index in [0.717, 1.165) is 12.9 Å². The summed E-state index contributed by atoms with van der Waals surface area (Å²) in [6.45, 7) is 5.92. The van der Waals surface area contributed by atoms with Crippen LogP contribution in [-0.4, -0.2) is 13.5 Å².